The fourth-order valence-corrected chi connectivity index (χ4v) is 6.60. The van der Waals surface area contributed by atoms with Crippen molar-refractivity contribution >= 4 is 39.1 Å². The first-order chi connectivity index (χ1) is 21.2. The van der Waals surface area contributed by atoms with Crippen LogP contribution in [0.2, 0.25) is 5.02 Å². The quantitative estimate of drug-likeness (QED) is 0.163. The molecule has 0 saturated carbocycles. The van der Waals surface area contributed by atoms with Crippen LogP contribution in [0.1, 0.15) is 36.5 Å². The van der Waals surface area contributed by atoms with Gasteiger partial charge in [-0.1, -0.05) is 110 Å². The summed E-state index contributed by atoms with van der Waals surface area (Å²) in [6, 6.07) is 31.0. The van der Waals surface area contributed by atoms with Crippen molar-refractivity contribution in [3.8, 4) is 0 Å². The van der Waals surface area contributed by atoms with Gasteiger partial charge < -0.3 is 10.2 Å². The van der Waals surface area contributed by atoms with Gasteiger partial charge in [0.05, 0.1) is 10.6 Å². The number of carbonyl (C=O) groups is 2. The summed E-state index contributed by atoms with van der Waals surface area (Å²) in [5, 5.41) is 3.38. The van der Waals surface area contributed by atoms with Crippen molar-refractivity contribution in [3.63, 3.8) is 0 Å². The third kappa shape index (κ3) is 8.27. The Morgan fingerprint density at radius 3 is 2.02 bits per heavy atom. The van der Waals surface area contributed by atoms with E-state index in [0.717, 1.165) is 28.3 Å². The Labute approximate surface area is 265 Å². The molecule has 230 valence electrons. The second kappa shape index (κ2) is 15.5. The Hall–Kier alpha value is -4.14. The molecule has 4 rings (SSSR count). The predicted octanol–water partition coefficient (Wildman–Crippen LogP) is 6.40. The first kappa shape index (κ1) is 32.8. The van der Waals surface area contributed by atoms with Crippen LogP contribution in [0, 0.1) is 6.92 Å². The molecule has 0 bridgehead atoms. The van der Waals surface area contributed by atoms with Crippen LogP contribution in [0.25, 0.3) is 0 Å². The number of carbonyl (C=O) groups excluding carboxylic acids is 2. The number of halogens is 1. The highest BCUT2D eigenvalue weighted by molar-refractivity contribution is 7.92. The lowest BCUT2D eigenvalue weighted by atomic mass is 10.0. The summed E-state index contributed by atoms with van der Waals surface area (Å²) in [5.74, 6) is -0.803. The Bertz CT molecular complexity index is 1630. The Balaban J connectivity index is 1.80. The average Bonchev–Trinajstić information content (AvgIpc) is 3.04. The van der Waals surface area contributed by atoms with Crippen molar-refractivity contribution in [2.75, 3.05) is 17.4 Å². The second-order valence-electron chi connectivity index (χ2n) is 10.6. The highest BCUT2D eigenvalue weighted by Gasteiger charge is 2.35. The topological polar surface area (TPSA) is 86.8 Å². The first-order valence-electron chi connectivity index (χ1n) is 14.7. The van der Waals surface area contributed by atoms with Gasteiger partial charge in [-0.3, -0.25) is 13.9 Å². The molecule has 0 fully saturated rings. The van der Waals surface area contributed by atoms with Crippen LogP contribution < -0.4 is 9.62 Å². The van der Waals surface area contributed by atoms with Gasteiger partial charge in [-0.25, -0.2) is 8.42 Å². The molecule has 1 atom stereocenters. The zero-order chi connectivity index (χ0) is 31.5. The minimum atomic E-state index is -4.19. The molecule has 7 nitrogen and oxygen atoms in total. The van der Waals surface area contributed by atoms with Gasteiger partial charge in [0.15, 0.2) is 0 Å². The molecule has 0 radical (unpaired) electrons. The molecule has 0 aliphatic carbocycles. The number of nitrogens with zero attached hydrogens (tertiary/aromatic N) is 2. The standard InChI is InChI=1S/C35H38ClN3O4S/c1-3-4-23-37-35(41)33(24-28-15-8-5-9-16-28)38(25-29-17-10-6-11-18-29)34(40)26-39(32-22-14-21-31(36)27(32)2)44(42,43)30-19-12-7-13-20-30/h5-22,33H,3-4,23-26H2,1-2H3,(H,37,41). The summed E-state index contributed by atoms with van der Waals surface area (Å²) < 4.78 is 29.3. The lowest BCUT2D eigenvalue weighted by Gasteiger charge is -2.34. The van der Waals surface area contributed by atoms with Crippen LogP contribution in [0.4, 0.5) is 5.69 Å². The van der Waals surface area contributed by atoms with E-state index in [1.54, 1.807) is 43.3 Å². The average molecular weight is 632 g/mol. The van der Waals surface area contributed by atoms with E-state index in [9.17, 15) is 18.0 Å². The largest absolute Gasteiger partial charge is 0.354 e. The molecule has 0 aromatic heterocycles. The third-order valence-electron chi connectivity index (χ3n) is 7.41. The van der Waals surface area contributed by atoms with Crippen LogP contribution in [-0.4, -0.2) is 44.3 Å². The summed E-state index contributed by atoms with van der Waals surface area (Å²) in [7, 11) is -4.19. The molecule has 44 heavy (non-hydrogen) atoms. The summed E-state index contributed by atoms with van der Waals surface area (Å²) in [4.78, 5) is 29.8. The molecule has 0 spiro atoms. The Morgan fingerprint density at radius 1 is 0.818 bits per heavy atom. The normalized spacial score (nSPS) is 11.9. The molecule has 0 aliphatic heterocycles. The predicted molar refractivity (Wildman–Crippen MR) is 176 cm³/mol. The highest BCUT2D eigenvalue weighted by atomic mass is 35.5. The van der Waals surface area contributed by atoms with E-state index in [2.05, 4.69) is 5.32 Å². The number of amides is 2. The SMILES string of the molecule is CCCCNC(=O)C(Cc1ccccc1)N(Cc1ccccc1)C(=O)CN(c1cccc(Cl)c1C)S(=O)(=O)c1ccccc1. The number of unbranched alkanes of at least 4 members (excludes halogenated alkanes) is 1. The van der Waals surface area contributed by atoms with Gasteiger partial charge in [-0.05, 0) is 54.3 Å². The Kier molecular flexibility index (Phi) is 11.6. The van der Waals surface area contributed by atoms with Gasteiger partial charge in [0, 0.05) is 24.5 Å². The highest BCUT2D eigenvalue weighted by Crippen LogP contribution is 2.31. The van der Waals surface area contributed by atoms with Crippen molar-refractivity contribution in [1.82, 2.24) is 10.2 Å². The number of sulfonamides is 1. The smallest absolute Gasteiger partial charge is 0.264 e. The van der Waals surface area contributed by atoms with Gasteiger partial charge in [-0.15, -0.1) is 0 Å². The van der Waals surface area contributed by atoms with E-state index < -0.39 is 28.5 Å². The lowest BCUT2D eigenvalue weighted by Crippen LogP contribution is -2.53. The maximum atomic E-state index is 14.5. The molecule has 4 aromatic carbocycles. The van der Waals surface area contributed by atoms with Crippen molar-refractivity contribution in [1.29, 1.82) is 0 Å². The van der Waals surface area contributed by atoms with Crippen molar-refractivity contribution < 1.29 is 18.0 Å². The number of anilines is 1. The number of hydrogen-bond donors (Lipinski definition) is 1. The third-order valence-corrected chi connectivity index (χ3v) is 9.60. The molecule has 0 heterocycles. The number of hydrogen-bond acceptors (Lipinski definition) is 4. The molecule has 0 aliphatic rings. The molecule has 1 unspecified atom stereocenters. The summed E-state index contributed by atoms with van der Waals surface area (Å²) in [6.07, 6.45) is 1.97. The molecule has 9 heteroatoms. The van der Waals surface area contributed by atoms with Gasteiger partial charge in [0.1, 0.15) is 12.6 Å². The Morgan fingerprint density at radius 2 is 1.41 bits per heavy atom. The zero-order valence-electron chi connectivity index (χ0n) is 25.0. The van der Waals surface area contributed by atoms with Crippen LogP contribution in [0.15, 0.2) is 114 Å². The number of benzene rings is 4. The minimum Gasteiger partial charge on any atom is -0.354 e. The van der Waals surface area contributed by atoms with Gasteiger partial charge in [0.25, 0.3) is 10.0 Å². The second-order valence-corrected chi connectivity index (χ2v) is 12.8. The van der Waals surface area contributed by atoms with Crippen LogP contribution >= 0.6 is 11.6 Å². The van der Waals surface area contributed by atoms with Crippen molar-refractivity contribution in [2.24, 2.45) is 0 Å². The summed E-state index contributed by atoms with van der Waals surface area (Å²) in [6.45, 7) is 3.82. The van der Waals surface area contributed by atoms with E-state index in [1.165, 1.54) is 17.0 Å². The maximum Gasteiger partial charge on any atom is 0.264 e. The summed E-state index contributed by atoms with van der Waals surface area (Å²) >= 11 is 6.43. The molecule has 0 saturated heterocycles. The van der Waals surface area contributed by atoms with Crippen molar-refractivity contribution in [2.45, 2.75) is 50.6 Å². The number of rotatable bonds is 14. The van der Waals surface area contributed by atoms with E-state index in [4.69, 9.17) is 11.6 Å². The van der Waals surface area contributed by atoms with E-state index >= 15 is 0 Å². The summed E-state index contributed by atoms with van der Waals surface area (Å²) in [5.41, 5.74) is 2.51. The van der Waals surface area contributed by atoms with Crippen molar-refractivity contribution in [3.05, 3.63) is 131 Å². The van der Waals surface area contributed by atoms with Crippen LogP contribution in [-0.2, 0) is 32.6 Å². The van der Waals surface area contributed by atoms with Gasteiger partial charge >= 0.3 is 0 Å². The molecule has 4 aromatic rings. The van der Waals surface area contributed by atoms with E-state index in [0.29, 0.717) is 22.8 Å². The first-order valence-corrected chi connectivity index (χ1v) is 16.5. The number of nitrogens with one attached hydrogen (secondary N) is 1. The van der Waals surface area contributed by atoms with E-state index in [1.807, 2.05) is 67.6 Å². The maximum absolute atomic E-state index is 14.5. The van der Waals surface area contributed by atoms with Gasteiger partial charge in [-0.2, -0.15) is 0 Å². The van der Waals surface area contributed by atoms with Crippen LogP contribution in [0.3, 0.4) is 0 Å². The fourth-order valence-electron chi connectivity index (χ4n) is 4.94. The molecular formula is C35H38ClN3O4S. The monoisotopic (exact) mass is 631 g/mol. The molecular weight excluding hydrogens is 594 g/mol. The molecule has 1 N–H and O–H groups in total. The van der Waals surface area contributed by atoms with E-state index in [-0.39, 0.29) is 23.8 Å². The fraction of sp³-hybridized carbons (Fsp3) is 0.257. The molecule has 2 amide bonds. The van der Waals surface area contributed by atoms with Gasteiger partial charge in [0.2, 0.25) is 11.8 Å². The zero-order valence-corrected chi connectivity index (χ0v) is 26.6. The minimum absolute atomic E-state index is 0.0416. The van der Waals surface area contributed by atoms with Crippen LogP contribution in [0.5, 0.6) is 0 Å². The lowest BCUT2D eigenvalue weighted by molar-refractivity contribution is -0.140.